The first-order valence-electron chi connectivity index (χ1n) is 5.62. The molecule has 0 bridgehead atoms. The van der Waals surface area contributed by atoms with Crippen molar-refractivity contribution in [2.75, 3.05) is 18.5 Å². The predicted molar refractivity (Wildman–Crippen MR) is 63.3 cm³/mol. The molecule has 3 unspecified atom stereocenters. The van der Waals surface area contributed by atoms with Gasteiger partial charge in [-0.25, -0.2) is 0 Å². The van der Waals surface area contributed by atoms with Crippen LogP contribution in [0.2, 0.25) is 0 Å². The van der Waals surface area contributed by atoms with Crippen LogP contribution in [0.1, 0.15) is 33.1 Å². The average Bonchev–Trinajstić information content (AvgIpc) is 2.30. The Morgan fingerprint density at radius 1 is 1.15 bits per heavy atom. The van der Waals surface area contributed by atoms with Crippen molar-refractivity contribution in [3.63, 3.8) is 0 Å². The van der Waals surface area contributed by atoms with Crippen molar-refractivity contribution in [1.82, 2.24) is 0 Å². The summed E-state index contributed by atoms with van der Waals surface area (Å²) in [6.07, 6.45) is 8.70. The smallest absolute Gasteiger partial charge is 0.0787 e. The minimum absolute atomic E-state index is 0.595. The summed E-state index contributed by atoms with van der Waals surface area (Å²) >= 11 is 6.53. The fourth-order valence-electron chi connectivity index (χ4n) is 3.55. The van der Waals surface area contributed by atoms with Gasteiger partial charge in [-0.05, 0) is 24.7 Å². The Labute approximate surface area is 87.8 Å². The number of hydrogen-bond donors (Lipinski definition) is 0. The van der Waals surface area contributed by atoms with Gasteiger partial charge in [0.25, 0.3) is 0 Å². The first kappa shape index (κ1) is 10.2. The molecule has 0 amide bonds. The molecule has 13 heavy (non-hydrogen) atoms. The summed E-state index contributed by atoms with van der Waals surface area (Å²) in [4.78, 5) is 0. The van der Waals surface area contributed by atoms with Gasteiger partial charge in [0.15, 0.2) is 0 Å². The van der Waals surface area contributed by atoms with Crippen molar-refractivity contribution in [1.29, 1.82) is 0 Å². The van der Waals surface area contributed by atoms with Gasteiger partial charge in [0.05, 0.1) is 18.5 Å². The van der Waals surface area contributed by atoms with E-state index in [1.807, 2.05) is 0 Å². The van der Waals surface area contributed by atoms with E-state index in [1.165, 1.54) is 37.7 Å². The molecule has 1 spiro atoms. The third-order valence-electron chi connectivity index (χ3n) is 3.80. The van der Waals surface area contributed by atoms with E-state index < -0.39 is 7.26 Å². The number of rotatable bonds is 0. The van der Waals surface area contributed by atoms with E-state index in [-0.39, 0.29) is 0 Å². The van der Waals surface area contributed by atoms with E-state index in [2.05, 4.69) is 13.8 Å². The van der Waals surface area contributed by atoms with Gasteiger partial charge in [0.2, 0.25) is 0 Å². The average molecular weight is 220 g/mol. The van der Waals surface area contributed by atoms with Crippen LogP contribution in [-0.4, -0.2) is 23.6 Å². The third kappa shape index (κ3) is 1.90. The maximum absolute atomic E-state index is 6.53. The van der Waals surface area contributed by atoms with Crippen LogP contribution in [0.4, 0.5) is 0 Å². The normalized spacial score (nSPS) is 51.5. The molecule has 3 atom stereocenters. The fraction of sp³-hybridized carbons (Fsp3) is 1.00. The van der Waals surface area contributed by atoms with E-state index in [0.717, 1.165) is 11.8 Å². The maximum Gasteiger partial charge on any atom is 0.142 e. The van der Waals surface area contributed by atoms with Gasteiger partial charge in [-0.3, -0.25) is 0 Å². The topological polar surface area (TPSA) is 0 Å². The van der Waals surface area contributed by atoms with Gasteiger partial charge in [-0.1, -0.05) is 25.4 Å². The van der Waals surface area contributed by atoms with Crippen LogP contribution in [0.25, 0.3) is 0 Å². The van der Waals surface area contributed by atoms with Gasteiger partial charge in [0, 0.05) is 13.7 Å². The molecule has 2 fully saturated rings. The lowest BCUT2D eigenvalue weighted by atomic mass is 10.00. The molecule has 0 aromatic rings. The Bertz CT molecular complexity index is 183. The van der Waals surface area contributed by atoms with E-state index in [0.29, 0.717) is 5.12 Å². The van der Waals surface area contributed by atoms with Crippen LogP contribution >= 0.6 is 18.9 Å². The van der Waals surface area contributed by atoms with E-state index in [9.17, 15) is 0 Å². The monoisotopic (exact) mass is 219 g/mol. The summed E-state index contributed by atoms with van der Waals surface area (Å²) in [6.45, 7) is 4.86. The second kappa shape index (κ2) is 3.70. The van der Waals surface area contributed by atoms with Crippen LogP contribution in [0.5, 0.6) is 0 Å². The summed E-state index contributed by atoms with van der Waals surface area (Å²) in [5.74, 6) is 1.91. The fourth-order valence-corrected chi connectivity index (χ4v) is 10.1. The molecule has 2 aliphatic heterocycles. The molecular formula is C11H21ClP+. The molecule has 2 heterocycles. The maximum atomic E-state index is 6.53. The first-order chi connectivity index (χ1) is 6.12. The summed E-state index contributed by atoms with van der Waals surface area (Å²) in [7, 11) is -0.679. The van der Waals surface area contributed by atoms with Gasteiger partial charge >= 0.3 is 0 Å². The minimum atomic E-state index is -0.679. The second-order valence-electron chi connectivity index (χ2n) is 5.33. The molecule has 2 saturated heterocycles. The highest BCUT2D eigenvalue weighted by molar-refractivity contribution is 7.78. The lowest BCUT2D eigenvalue weighted by molar-refractivity contribution is 0.453. The van der Waals surface area contributed by atoms with Crippen molar-refractivity contribution in [3.8, 4) is 0 Å². The van der Waals surface area contributed by atoms with E-state index in [4.69, 9.17) is 11.6 Å². The van der Waals surface area contributed by atoms with Gasteiger partial charge < -0.3 is 0 Å². The van der Waals surface area contributed by atoms with E-state index in [1.54, 1.807) is 0 Å². The molecule has 0 saturated carbocycles. The summed E-state index contributed by atoms with van der Waals surface area (Å²) in [5, 5.41) is 0.595. The molecule has 0 aromatic heterocycles. The molecule has 0 N–H and O–H groups in total. The number of halogens is 1. The van der Waals surface area contributed by atoms with Gasteiger partial charge in [-0.15, -0.1) is 0 Å². The highest BCUT2D eigenvalue weighted by Gasteiger charge is 2.52. The van der Waals surface area contributed by atoms with Crippen LogP contribution in [0.3, 0.4) is 0 Å². The summed E-state index contributed by atoms with van der Waals surface area (Å²) in [6, 6.07) is 0. The molecule has 0 nitrogen and oxygen atoms in total. The van der Waals surface area contributed by atoms with Crippen LogP contribution in [-0.2, 0) is 0 Å². The molecule has 2 aliphatic rings. The van der Waals surface area contributed by atoms with Crippen molar-refractivity contribution in [3.05, 3.63) is 0 Å². The number of alkyl halides is 1. The van der Waals surface area contributed by atoms with Crippen LogP contribution in [0, 0.1) is 11.8 Å². The molecule has 2 rings (SSSR count). The van der Waals surface area contributed by atoms with Crippen molar-refractivity contribution >= 4 is 18.9 Å². The van der Waals surface area contributed by atoms with Crippen molar-refractivity contribution in [2.45, 2.75) is 38.2 Å². The Balaban J connectivity index is 2.12. The molecule has 76 valence electrons. The van der Waals surface area contributed by atoms with Crippen LogP contribution < -0.4 is 0 Å². The van der Waals surface area contributed by atoms with E-state index >= 15 is 0 Å². The Morgan fingerprint density at radius 2 is 1.77 bits per heavy atom. The Hall–Kier alpha value is 0.720. The van der Waals surface area contributed by atoms with Gasteiger partial charge in [0.1, 0.15) is 5.12 Å². The molecule has 0 aromatic carbocycles. The Kier molecular flexibility index (Phi) is 2.92. The predicted octanol–water partition coefficient (Wildman–Crippen LogP) is 4.04. The standard InChI is InChI=1S/C11H21ClP/c1-9-6-10(2)8-13(7-9)5-3-4-11(13)12/h9-11H,3-8H2,1-2H3/q+1. The first-order valence-corrected chi connectivity index (χ1v) is 8.47. The zero-order chi connectivity index (χ0) is 9.47. The van der Waals surface area contributed by atoms with Gasteiger partial charge in [-0.2, -0.15) is 0 Å². The molecule has 0 radical (unpaired) electrons. The molecular weight excluding hydrogens is 199 g/mol. The third-order valence-corrected chi connectivity index (χ3v) is 10.6. The van der Waals surface area contributed by atoms with Crippen LogP contribution in [0.15, 0.2) is 0 Å². The SMILES string of the molecule is CC1CC(C)C[P+]2(CCCC2Cl)C1. The Morgan fingerprint density at radius 3 is 2.23 bits per heavy atom. The quantitative estimate of drug-likeness (QED) is 0.426. The highest BCUT2D eigenvalue weighted by atomic mass is 35.5. The lowest BCUT2D eigenvalue weighted by Crippen LogP contribution is -2.26. The summed E-state index contributed by atoms with van der Waals surface area (Å²) in [5.41, 5.74) is 0. The highest BCUT2D eigenvalue weighted by Crippen LogP contribution is 2.73. The number of hydrogen-bond acceptors (Lipinski definition) is 0. The second-order valence-corrected chi connectivity index (χ2v) is 10.4. The summed E-state index contributed by atoms with van der Waals surface area (Å²) < 4.78 is 0. The van der Waals surface area contributed by atoms with Crippen molar-refractivity contribution < 1.29 is 0 Å². The largest absolute Gasteiger partial charge is 0.142 e. The van der Waals surface area contributed by atoms with Crippen molar-refractivity contribution in [2.24, 2.45) is 11.8 Å². The molecule has 0 aliphatic carbocycles. The zero-order valence-corrected chi connectivity index (χ0v) is 10.5. The lowest BCUT2D eigenvalue weighted by Gasteiger charge is -2.36. The zero-order valence-electron chi connectivity index (χ0n) is 8.80. The minimum Gasteiger partial charge on any atom is -0.0787 e. The molecule has 2 heteroatoms.